The molecule has 3 nitrogen and oxygen atoms in total. The molecule has 0 aromatic heterocycles. The summed E-state index contributed by atoms with van der Waals surface area (Å²) < 4.78 is 0. The zero-order valence-electron chi connectivity index (χ0n) is 11.0. The summed E-state index contributed by atoms with van der Waals surface area (Å²) >= 11 is 0. The minimum Gasteiger partial charge on any atom is -0.349 e. The number of hydrogen-bond donors (Lipinski definition) is 1. The molecule has 1 fully saturated rings. The molecule has 1 aliphatic carbocycles. The smallest absolute Gasteiger partial charge is 0.222 e. The highest BCUT2D eigenvalue weighted by Crippen LogP contribution is 2.30. The standard InChI is InChI=1S/C13H26N2O/c1-11(10-12-6-4-7-12)14-9-5-8-13(16)15(2)3/h11-12,14H,4-10H2,1-3H3. The Hall–Kier alpha value is -0.570. The van der Waals surface area contributed by atoms with Crippen LogP contribution in [-0.2, 0) is 4.79 Å². The Morgan fingerprint density at radius 1 is 1.44 bits per heavy atom. The van der Waals surface area contributed by atoms with Crippen molar-refractivity contribution in [2.45, 2.75) is 51.5 Å². The topological polar surface area (TPSA) is 32.3 Å². The van der Waals surface area contributed by atoms with Gasteiger partial charge in [-0.25, -0.2) is 0 Å². The van der Waals surface area contributed by atoms with E-state index in [2.05, 4.69) is 12.2 Å². The van der Waals surface area contributed by atoms with E-state index in [1.54, 1.807) is 4.90 Å². The number of rotatable bonds is 7. The zero-order valence-corrected chi connectivity index (χ0v) is 11.0. The Labute approximate surface area is 99.6 Å². The normalized spacial score (nSPS) is 17.9. The lowest BCUT2D eigenvalue weighted by atomic mass is 9.81. The van der Waals surface area contributed by atoms with Gasteiger partial charge in [0.1, 0.15) is 0 Å². The van der Waals surface area contributed by atoms with Crippen LogP contribution in [0.2, 0.25) is 0 Å². The molecule has 0 aliphatic heterocycles. The summed E-state index contributed by atoms with van der Waals surface area (Å²) in [5.74, 6) is 1.19. The predicted octanol–water partition coefficient (Wildman–Crippen LogP) is 2.02. The minimum atomic E-state index is 0.230. The van der Waals surface area contributed by atoms with E-state index in [1.165, 1.54) is 25.7 Å². The van der Waals surface area contributed by atoms with Gasteiger partial charge in [-0.1, -0.05) is 19.3 Å². The number of nitrogens with zero attached hydrogens (tertiary/aromatic N) is 1. The molecule has 0 saturated heterocycles. The van der Waals surface area contributed by atoms with Crippen molar-refractivity contribution in [2.75, 3.05) is 20.6 Å². The van der Waals surface area contributed by atoms with Crippen LogP contribution in [-0.4, -0.2) is 37.5 Å². The lowest BCUT2D eigenvalue weighted by Gasteiger charge is -2.28. The lowest BCUT2D eigenvalue weighted by Crippen LogP contribution is -2.31. The molecule has 0 radical (unpaired) electrons. The monoisotopic (exact) mass is 226 g/mol. The molecule has 0 heterocycles. The first-order valence-electron chi connectivity index (χ1n) is 6.53. The van der Waals surface area contributed by atoms with Crippen molar-refractivity contribution in [3.05, 3.63) is 0 Å². The van der Waals surface area contributed by atoms with Crippen molar-refractivity contribution >= 4 is 5.91 Å². The number of nitrogens with one attached hydrogen (secondary N) is 1. The van der Waals surface area contributed by atoms with Crippen LogP contribution in [0.25, 0.3) is 0 Å². The van der Waals surface area contributed by atoms with Crippen LogP contribution < -0.4 is 5.32 Å². The van der Waals surface area contributed by atoms with Crippen LogP contribution in [0.1, 0.15) is 45.4 Å². The Morgan fingerprint density at radius 2 is 2.12 bits per heavy atom. The Bertz CT molecular complexity index is 212. The summed E-state index contributed by atoms with van der Waals surface area (Å²) in [7, 11) is 3.63. The molecule has 16 heavy (non-hydrogen) atoms. The first-order chi connectivity index (χ1) is 7.59. The molecule has 94 valence electrons. The van der Waals surface area contributed by atoms with Crippen LogP contribution in [0, 0.1) is 5.92 Å². The average Bonchev–Trinajstić information content (AvgIpc) is 2.18. The number of carbonyl (C=O) groups is 1. The van der Waals surface area contributed by atoms with Gasteiger partial charge in [-0.05, 0) is 32.2 Å². The van der Waals surface area contributed by atoms with Crippen LogP contribution >= 0.6 is 0 Å². The van der Waals surface area contributed by atoms with Gasteiger partial charge in [-0.3, -0.25) is 4.79 Å². The van der Waals surface area contributed by atoms with Crippen LogP contribution in [0.3, 0.4) is 0 Å². The highest BCUT2D eigenvalue weighted by molar-refractivity contribution is 5.75. The summed E-state index contributed by atoms with van der Waals surface area (Å²) in [5.41, 5.74) is 0. The van der Waals surface area contributed by atoms with E-state index < -0.39 is 0 Å². The highest BCUT2D eigenvalue weighted by Gasteiger charge is 2.19. The zero-order chi connectivity index (χ0) is 12.0. The van der Waals surface area contributed by atoms with E-state index in [4.69, 9.17) is 0 Å². The minimum absolute atomic E-state index is 0.230. The molecule has 1 unspecified atom stereocenters. The maximum atomic E-state index is 11.3. The second kappa shape index (κ2) is 6.89. The maximum Gasteiger partial charge on any atom is 0.222 e. The van der Waals surface area contributed by atoms with Gasteiger partial charge in [0, 0.05) is 26.6 Å². The van der Waals surface area contributed by atoms with E-state index in [0.29, 0.717) is 12.5 Å². The first-order valence-corrected chi connectivity index (χ1v) is 6.53. The predicted molar refractivity (Wildman–Crippen MR) is 67.4 cm³/mol. The fourth-order valence-corrected chi connectivity index (χ4v) is 2.12. The summed E-state index contributed by atoms with van der Waals surface area (Å²) in [5, 5.41) is 3.51. The van der Waals surface area contributed by atoms with E-state index >= 15 is 0 Å². The first kappa shape index (κ1) is 13.5. The molecule has 0 aromatic rings. The quantitative estimate of drug-likeness (QED) is 0.674. The van der Waals surface area contributed by atoms with Gasteiger partial charge in [0.2, 0.25) is 5.91 Å². The summed E-state index contributed by atoms with van der Waals surface area (Å²) in [4.78, 5) is 13.0. The van der Waals surface area contributed by atoms with Crippen molar-refractivity contribution < 1.29 is 4.79 Å². The van der Waals surface area contributed by atoms with Gasteiger partial charge >= 0.3 is 0 Å². The lowest BCUT2D eigenvalue weighted by molar-refractivity contribution is -0.128. The molecule has 3 heteroatoms. The van der Waals surface area contributed by atoms with Crippen molar-refractivity contribution in [1.29, 1.82) is 0 Å². The van der Waals surface area contributed by atoms with Crippen molar-refractivity contribution in [3.8, 4) is 0 Å². The van der Waals surface area contributed by atoms with E-state index in [9.17, 15) is 4.79 Å². The number of amides is 1. The number of hydrogen-bond acceptors (Lipinski definition) is 2. The Morgan fingerprint density at radius 3 is 2.62 bits per heavy atom. The Kier molecular flexibility index (Phi) is 5.81. The molecule has 0 aromatic carbocycles. The maximum absolute atomic E-state index is 11.3. The molecule has 1 saturated carbocycles. The van der Waals surface area contributed by atoms with Gasteiger partial charge in [-0.2, -0.15) is 0 Å². The fourth-order valence-electron chi connectivity index (χ4n) is 2.12. The molecule has 0 bridgehead atoms. The van der Waals surface area contributed by atoms with Gasteiger partial charge in [-0.15, -0.1) is 0 Å². The van der Waals surface area contributed by atoms with Crippen molar-refractivity contribution in [2.24, 2.45) is 5.92 Å². The fraction of sp³-hybridized carbons (Fsp3) is 0.923. The molecular weight excluding hydrogens is 200 g/mol. The van der Waals surface area contributed by atoms with Gasteiger partial charge in [0.15, 0.2) is 0 Å². The molecule has 1 rings (SSSR count). The third-order valence-electron chi connectivity index (χ3n) is 3.47. The molecule has 1 aliphatic rings. The molecular formula is C13H26N2O. The van der Waals surface area contributed by atoms with Crippen LogP contribution in [0.5, 0.6) is 0 Å². The number of carbonyl (C=O) groups excluding carboxylic acids is 1. The third kappa shape index (κ3) is 4.97. The van der Waals surface area contributed by atoms with Crippen LogP contribution in [0.4, 0.5) is 0 Å². The van der Waals surface area contributed by atoms with E-state index in [0.717, 1.165) is 18.9 Å². The largest absolute Gasteiger partial charge is 0.349 e. The molecule has 1 atom stereocenters. The molecule has 0 spiro atoms. The highest BCUT2D eigenvalue weighted by atomic mass is 16.2. The van der Waals surface area contributed by atoms with Crippen molar-refractivity contribution in [3.63, 3.8) is 0 Å². The van der Waals surface area contributed by atoms with Crippen LogP contribution in [0.15, 0.2) is 0 Å². The molecule has 1 N–H and O–H groups in total. The average molecular weight is 226 g/mol. The second-order valence-corrected chi connectivity index (χ2v) is 5.28. The second-order valence-electron chi connectivity index (χ2n) is 5.28. The van der Waals surface area contributed by atoms with Gasteiger partial charge in [0.25, 0.3) is 0 Å². The molecule has 1 amide bonds. The summed E-state index contributed by atoms with van der Waals surface area (Å²) in [6, 6.07) is 0.611. The van der Waals surface area contributed by atoms with E-state index in [-0.39, 0.29) is 5.91 Å². The third-order valence-corrected chi connectivity index (χ3v) is 3.47. The summed E-state index contributed by atoms with van der Waals surface area (Å²) in [6.45, 7) is 3.22. The van der Waals surface area contributed by atoms with Gasteiger partial charge in [0.05, 0.1) is 0 Å². The van der Waals surface area contributed by atoms with E-state index in [1.807, 2.05) is 14.1 Å². The Balaban J connectivity index is 1.95. The van der Waals surface area contributed by atoms with Gasteiger partial charge < -0.3 is 10.2 Å². The SMILES string of the molecule is CC(CC1CCC1)NCCCC(=O)N(C)C. The summed E-state index contributed by atoms with van der Waals surface area (Å²) in [6.07, 6.45) is 7.19. The van der Waals surface area contributed by atoms with Crippen molar-refractivity contribution in [1.82, 2.24) is 10.2 Å².